The number of carboxylic acids is 1. The Morgan fingerprint density at radius 1 is 1.80 bits per heavy atom. The van der Waals surface area contributed by atoms with Crippen LogP contribution in [0.1, 0.15) is 13.8 Å². The quantitative estimate of drug-likeness (QED) is 0.620. The molecule has 0 atom stereocenters. The Labute approximate surface area is 63.5 Å². The molecule has 0 saturated carbocycles. The van der Waals surface area contributed by atoms with Crippen LogP contribution in [-0.4, -0.2) is 27.4 Å². The van der Waals surface area contributed by atoms with Gasteiger partial charge in [-0.3, -0.25) is 4.99 Å². The molecule has 0 saturated heterocycles. The molecule has 0 unspecified atom stereocenters. The van der Waals surface area contributed by atoms with E-state index < -0.39 is 5.97 Å². The Morgan fingerprint density at radius 3 is 2.60 bits per heavy atom. The van der Waals surface area contributed by atoms with Crippen LogP contribution in [0.3, 0.4) is 0 Å². The molecule has 0 bridgehead atoms. The fourth-order valence-corrected chi connectivity index (χ4v) is 1.57. The molecule has 3 nitrogen and oxygen atoms in total. The molecule has 0 aliphatic carbocycles. The molecular weight excluding hydrogens is 150 g/mol. The van der Waals surface area contributed by atoms with Gasteiger partial charge in [-0.2, -0.15) is 0 Å². The average Bonchev–Trinajstić information content (AvgIpc) is 2.10. The molecule has 0 aromatic carbocycles. The van der Waals surface area contributed by atoms with Gasteiger partial charge in [0.15, 0.2) is 5.04 Å². The molecular formula is C6H9NO2S. The lowest BCUT2D eigenvalue weighted by atomic mass is 10.2. The highest BCUT2D eigenvalue weighted by molar-refractivity contribution is 8.17. The molecule has 1 aliphatic heterocycles. The van der Waals surface area contributed by atoms with Crippen molar-refractivity contribution in [1.29, 1.82) is 0 Å². The maximum atomic E-state index is 10.3. The molecule has 0 aromatic heterocycles. The minimum Gasteiger partial charge on any atom is -0.476 e. The van der Waals surface area contributed by atoms with E-state index in [0.717, 1.165) is 0 Å². The third kappa shape index (κ3) is 1.50. The molecule has 4 heteroatoms. The monoisotopic (exact) mass is 159 g/mol. The van der Waals surface area contributed by atoms with Crippen molar-refractivity contribution in [2.24, 2.45) is 4.99 Å². The summed E-state index contributed by atoms with van der Waals surface area (Å²) in [5, 5.41) is 8.73. The van der Waals surface area contributed by atoms with Gasteiger partial charge in [0.05, 0.1) is 6.54 Å². The highest BCUT2D eigenvalue weighted by atomic mass is 32.2. The number of aliphatic carboxylic acids is 1. The summed E-state index contributed by atoms with van der Waals surface area (Å²) in [7, 11) is 0. The third-order valence-electron chi connectivity index (χ3n) is 1.16. The lowest BCUT2D eigenvalue weighted by Crippen LogP contribution is -2.16. The number of carboxylic acid groups (broad SMARTS) is 1. The first-order chi connectivity index (χ1) is 4.51. The van der Waals surface area contributed by atoms with Crippen LogP contribution in [0.4, 0.5) is 0 Å². The van der Waals surface area contributed by atoms with E-state index in [9.17, 15) is 4.79 Å². The summed E-state index contributed by atoms with van der Waals surface area (Å²) in [5.41, 5.74) is 0. The zero-order chi connectivity index (χ0) is 7.78. The molecule has 0 fully saturated rings. The van der Waals surface area contributed by atoms with Crippen LogP contribution in [0.2, 0.25) is 0 Å². The van der Waals surface area contributed by atoms with Crippen molar-refractivity contribution in [3.8, 4) is 0 Å². The van der Waals surface area contributed by atoms with Crippen LogP contribution in [0.15, 0.2) is 4.99 Å². The SMILES string of the molecule is CC1(C)CN=C(C(=O)O)S1. The Kier molecular flexibility index (Phi) is 1.72. The first-order valence-corrected chi connectivity index (χ1v) is 3.80. The molecule has 0 spiro atoms. The molecule has 0 amide bonds. The normalized spacial score (nSPS) is 22.4. The summed E-state index contributed by atoms with van der Waals surface area (Å²) in [6.07, 6.45) is 0. The van der Waals surface area contributed by atoms with E-state index in [-0.39, 0.29) is 9.79 Å². The van der Waals surface area contributed by atoms with Gasteiger partial charge in [0.2, 0.25) is 0 Å². The fourth-order valence-electron chi connectivity index (χ4n) is 0.700. The van der Waals surface area contributed by atoms with E-state index in [4.69, 9.17) is 5.11 Å². The minimum absolute atomic E-state index is 0.0201. The van der Waals surface area contributed by atoms with Crippen molar-refractivity contribution in [3.05, 3.63) is 0 Å². The summed E-state index contributed by atoms with van der Waals surface area (Å²) in [6.45, 7) is 4.58. The van der Waals surface area contributed by atoms with Gasteiger partial charge < -0.3 is 5.11 Å². The third-order valence-corrected chi connectivity index (χ3v) is 2.34. The first kappa shape index (κ1) is 7.60. The van der Waals surface area contributed by atoms with Crippen molar-refractivity contribution >= 4 is 22.8 Å². The highest BCUT2D eigenvalue weighted by Gasteiger charge is 2.30. The van der Waals surface area contributed by atoms with Gasteiger partial charge in [0, 0.05) is 4.75 Å². The van der Waals surface area contributed by atoms with Crippen molar-refractivity contribution < 1.29 is 9.90 Å². The van der Waals surface area contributed by atoms with Gasteiger partial charge in [-0.25, -0.2) is 4.79 Å². The van der Waals surface area contributed by atoms with Crippen LogP contribution >= 0.6 is 11.8 Å². The van der Waals surface area contributed by atoms with Crippen LogP contribution < -0.4 is 0 Å². The average molecular weight is 159 g/mol. The topological polar surface area (TPSA) is 49.7 Å². The Morgan fingerprint density at radius 2 is 2.40 bits per heavy atom. The second-order valence-corrected chi connectivity index (χ2v) is 4.48. The predicted molar refractivity (Wildman–Crippen MR) is 41.6 cm³/mol. The van der Waals surface area contributed by atoms with Gasteiger partial charge in [-0.05, 0) is 13.8 Å². The predicted octanol–water partition coefficient (Wildman–Crippen LogP) is 0.995. The number of nitrogens with zero attached hydrogens (tertiary/aromatic N) is 1. The van der Waals surface area contributed by atoms with Gasteiger partial charge in [-0.1, -0.05) is 11.8 Å². The van der Waals surface area contributed by atoms with E-state index in [1.807, 2.05) is 13.8 Å². The number of rotatable bonds is 1. The van der Waals surface area contributed by atoms with E-state index >= 15 is 0 Å². The van der Waals surface area contributed by atoms with Crippen molar-refractivity contribution in [2.75, 3.05) is 6.54 Å². The standard InChI is InChI=1S/C6H9NO2S/c1-6(2)3-7-4(10-6)5(8)9/h3H2,1-2H3,(H,8,9). The summed E-state index contributed by atoms with van der Waals surface area (Å²) in [6, 6.07) is 0. The Bertz CT molecular complexity index is 198. The molecule has 0 aromatic rings. The van der Waals surface area contributed by atoms with E-state index in [1.54, 1.807) is 0 Å². The van der Waals surface area contributed by atoms with Crippen molar-refractivity contribution in [3.63, 3.8) is 0 Å². The van der Waals surface area contributed by atoms with Gasteiger partial charge >= 0.3 is 5.97 Å². The number of aliphatic imine (C=N–C) groups is 1. The van der Waals surface area contributed by atoms with Crippen LogP contribution in [0, 0.1) is 0 Å². The zero-order valence-electron chi connectivity index (χ0n) is 5.92. The van der Waals surface area contributed by atoms with E-state index in [0.29, 0.717) is 6.54 Å². The van der Waals surface area contributed by atoms with E-state index in [2.05, 4.69) is 4.99 Å². The number of carbonyl (C=O) groups is 1. The number of hydrogen-bond acceptors (Lipinski definition) is 3. The number of thioether (sulfide) groups is 1. The van der Waals surface area contributed by atoms with E-state index in [1.165, 1.54) is 11.8 Å². The summed E-state index contributed by atoms with van der Waals surface area (Å²) < 4.78 is -0.0201. The molecule has 1 aliphatic rings. The maximum absolute atomic E-state index is 10.3. The molecule has 10 heavy (non-hydrogen) atoms. The van der Waals surface area contributed by atoms with Gasteiger partial charge in [0.25, 0.3) is 0 Å². The molecule has 1 N–H and O–H groups in total. The maximum Gasteiger partial charge on any atom is 0.360 e. The lowest BCUT2D eigenvalue weighted by molar-refractivity contribution is -0.129. The second kappa shape index (κ2) is 2.27. The number of hydrogen-bond donors (Lipinski definition) is 1. The Hall–Kier alpha value is -0.510. The smallest absolute Gasteiger partial charge is 0.360 e. The van der Waals surface area contributed by atoms with Gasteiger partial charge in [0.1, 0.15) is 0 Å². The Balaban J connectivity index is 2.64. The highest BCUT2D eigenvalue weighted by Crippen LogP contribution is 2.31. The van der Waals surface area contributed by atoms with Crippen LogP contribution in [0.25, 0.3) is 0 Å². The minimum atomic E-state index is -0.907. The summed E-state index contributed by atoms with van der Waals surface area (Å²) >= 11 is 1.33. The summed E-state index contributed by atoms with van der Waals surface area (Å²) in [4.78, 5) is 14.2. The fraction of sp³-hybridized carbons (Fsp3) is 0.667. The largest absolute Gasteiger partial charge is 0.476 e. The first-order valence-electron chi connectivity index (χ1n) is 2.98. The molecule has 56 valence electrons. The molecule has 1 rings (SSSR count). The second-order valence-electron chi connectivity index (χ2n) is 2.79. The van der Waals surface area contributed by atoms with Gasteiger partial charge in [-0.15, -0.1) is 0 Å². The van der Waals surface area contributed by atoms with Crippen molar-refractivity contribution in [1.82, 2.24) is 0 Å². The van der Waals surface area contributed by atoms with Crippen LogP contribution in [-0.2, 0) is 4.79 Å². The van der Waals surface area contributed by atoms with Crippen molar-refractivity contribution in [2.45, 2.75) is 18.6 Å². The zero-order valence-corrected chi connectivity index (χ0v) is 6.73. The van der Waals surface area contributed by atoms with Crippen LogP contribution in [0.5, 0.6) is 0 Å². The molecule has 0 radical (unpaired) electrons. The summed E-state index contributed by atoms with van der Waals surface area (Å²) in [5.74, 6) is -0.907. The molecule has 1 heterocycles. The lowest BCUT2D eigenvalue weighted by Gasteiger charge is -2.12.